The van der Waals surface area contributed by atoms with Crippen LogP contribution in [0.15, 0.2) is 12.3 Å². The van der Waals surface area contributed by atoms with E-state index in [-0.39, 0.29) is 17.8 Å². The minimum atomic E-state index is -1.02. The molecule has 6 nitrogen and oxygen atoms in total. The standard InChI is InChI=1S/C12H17N3O3/c1-7-5-15(6-8(2)18-7)11-10(13)3-9(4-14-11)12(16)17/h3-4,7-8H,5-6,13H2,1-2H3,(H,16,17). The van der Waals surface area contributed by atoms with Crippen LogP contribution in [0.1, 0.15) is 24.2 Å². The fraction of sp³-hybridized carbons (Fsp3) is 0.500. The molecule has 18 heavy (non-hydrogen) atoms. The zero-order valence-corrected chi connectivity index (χ0v) is 10.5. The summed E-state index contributed by atoms with van der Waals surface area (Å²) < 4.78 is 5.64. The number of anilines is 2. The minimum Gasteiger partial charge on any atom is -0.478 e. The zero-order valence-electron chi connectivity index (χ0n) is 10.5. The number of carboxylic acid groups (broad SMARTS) is 1. The topological polar surface area (TPSA) is 88.7 Å². The minimum absolute atomic E-state index is 0.102. The van der Waals surface area contributed by atoms with Crippen LogP contribution in [0.4, 0.5) is 11.5 Å². The number of aromatic carboxylic acids is 1. The fourth-order valence-corrected chi connectivity index (χ4v) is 2.21. The van der Waals surface area contributed by atoms with Gasteiger partial charge in [-0.25, -0.2) is 9.78 Å². The van der Waals surface area contributed by atoms with E-state index in [0.717, 1.165) is 0 Å². The molecule has 1 saturated heterocycles. The van der Waals surface area contributed by atoms with E-state index >= 15 is 0 Å². The van der Waals surface area contributed by atoms with Crippen molar-refractivity contribution in [2.45, 2.75) is 26.1 Å². The van der Waals surface area contributed by atoms with Gasteiger partial charge in [0.1, 0.15) is 0 Å². The molecule has 0 aliphatic carbocycles. The zero-order chi connectivity index (χ0) is 13.3. The smallest absolute Gasteiger partial charge is 0.337 e. The molecule has 1 aliphatic rings. The third-order valence-electron chi connectivity index (χ3n) is 2.86. The molecule has 3 N–H and O–H groups in total. The Morgan fingerprint density at radius 2 is 2.11 bits per heavy atom. The quantitative estimate of drug-likeness (QED) is 0.814. The summed E-state index contributed by atoms with van der Waals surface area (Å²) in [7, 11) is 0. The Labute approximate surface area is 105 Å². The normalized spacial score (nSPS) is 24.0. The predicted octanol–water partition coefficient (Wildman–Crippen LogP) is 0.976. The molecule has 1 fully saturated rings. The number of hydrogen-bond acceptors (Lipinski definition) is 5. The first-order chi connectivity index (χ1) is 8.47. The second-order valence-corrected chi connectivity index (χ2v) is 4.60. The van der Waals surface area contributed by atoms with Gasteiger partial charge in [-0.3, -0.25) is 0 Å². The van der Waals surface area contributed by atoms with Crippen LogP contribution in [-0.4, -0.2) is 41.4 Å². The average molecular weight is 251 g/mol. The number of rotatable bonds is 2. The monoisotopic (exact) mass is 251 g/mol. The van der Waals surface area contributed by atoms with Crippen LogP contribution >= 0.6 is 0 Å². The van der Waals surface area contributed by atoms with Crippen molar-refractivity contribution in [2.24, 2.45) is 0 Å². The van der Waals surface area contributed by atoms with Gasteiger partial charge in [0.15, 0.2) is 5.82 Å². The summed E-state index contributed by atoms with van der Waals surface area (Å²) in [6.45, 7) is 5.39. The molecular weight excluding hydrogens is 234 g/mol. The highest BCUT2D eigenvalue weighted by atomic mass is 16.5. The molecule has 6 heteroatoms. The first kappa shape index (κ1) is 12.6. The van der Waals surface area contributed by atoms with Gasteiger partial charge in [-0.05, 0) is 19.9 Å². The number of ether oxygens (including phenoxy) is 1. The van der Waals surface area contributed by atoms with Gasteiger partial charge in [-0.2, -0.15) is 0 Å². The summed E-state index contributed by atoms with van der Waals surface area (Å²) >= 11 is 0. The molecule has 1 aliphatic heterocycles. The van der Waals surface area contributed by atoms with E-state index in [9.17, 15) is 4.79 Å². The number of pyridine rings is 1. The first-order valence-corrected chi connectivity index (χ1v) is 5.86. The Morgan fingerprint density at radius 3 is 2.61 bits per heavy atom. The molecule has 0 spiro atoms. The van der Waals surface area contributed by atoms with Gasteiger partial charge in [0.05, 0.1) is 23.5 Å². The number of carbonyl (C=O) groups is 1. The molecule has 0 amide bonds. The Kier molecular flexibility index (Phi) is 3.38. The van der Waals surface area contributed by atoms with Crippen molar-refractivity contribution >= 4 is 17.5 Å². The third kappa shape index (κ3) is 2.53. The maximum Gasteiger partial charge on any atom is 0.337 e. The van der Waals surface area contributed by atoms with E-state index in [2.05, 4.69) is 4.98 Å². The summed E-state index contributed by atoms with van der Waals surface area (Å²) in [5.41, 5.74) is 6.36. The van der Waals surface area contributed by atoms with E-state index in [0.29, 0.717) is 24.6 Å². The lowest BCUT2D eigenvalue weighted by Crippen LogP contribution is -2.46. The summed E-state index contributed by atoms with van der Waals surface area (Å²) in [6, 6.07) is 1.44. The molecule has 2 heterocycles. The number of hydrogen-bond donors (Lipinski definition) is 2. The molecule has 0 aromatic carbocycles. The Hall–Kier alpha value is -1.82. The van der Waals surface area contributed by atoms with Gasteiger partial charge in [0, 0.05) is 19.3 Å². The van der Waals surface area contributed by atoms with Crippen LogP contribution in [0.5, 0.6) is 0 Å². The van der Waals surface area contributed by atoms with Crippen LogP contribution < -0.4 is 10.6 Å². The lowest BCUT2D eigenvalue weighted by molar-refractivity contribution is -0.00541. The number of nitrogens with two attached hydrogens (primary N) is 1. The predicted molar refractivity (Wildman–Crippen MR) is 67.8 cm³/mol. The summed E-state index contributed by atoms with van der Waals surface area (Å²) in [6.07, 6.45) is 1.54. The molecule has 0 bridgehead atoms. The van der Waals surface area contributed by atoms with Crippen LogP contribution in [0.2, 0.25) is 0 Å². The van der Waals surface area contributed by atoms with Gasteiger partial charge in [-0.1, -0.05) is 0 Å². The van der Waals surface area contributed by atoms with Crippen molar-refractivity contribution in [3.8, 4) is 0 Å². The third-order valence-corrected chi connectivity index (χ3v) is 2.86. The number of aromatic nitrogens is 1. The van der Waals surface area contributed by atoms with Gasteiger partial charge in [0.2, 0.25) is 0 Å². The summed E-state index contributed by atoms with van der Waals surface area (Å²) in [5, 5.41) is 8.87. The highest BCUT2D eigenvalue weighted by Crippen LogP contribution is 2.24. The number of carboxylic acids is 1. The van der Waals surface area contributed by atoms with Crippen molar-refractivity contribution < 1.29 is 14.6 Å². The second-order valence-electron chi connectivity index (χ2n) is 4.60. The fourth-order valence-electron chi connectivity index (χ4n) is 2.21. The molecule has 1 aromatic rings. The van der Waals surface area contributed by atoms with Crippen LogP contribution in [0.25, 0.3) is 0 Å². The van der Waals surface area contributed by atoms with E-state index in [1.165, 1.54) is 12.3 Å². The lowest BCUT2D eigenvalue weighted by Gasteiger charge is -2.36. The van der Waals surface area contributed by atoms with Crippen molar-refractivity contribution in [3.05, 3.63) is 17.8 Å². The highest BCUT2D eigenvalue weighted by Gasteiger charge is 2.24. The Balaban J connectivity index is 2.25. The van der Waals surface area contributed by atoms with E-state index < -0.39 is 5.97 Å². The van der Waals surface area contributed by atoms with Gasteiger partial charge < -0.3 is 20.5 Å². The van der Waals surface area contributed by atoms with Crippen LogP contribution in [0, 0.1) is 0 Å². The van der Waals surface area contributed by atoms with Gasteiger partial charge >= 0.3 is 5.97 Å². The van der Waals surface area contributed by atoms with E-state index in [4.69, 9.17) is 15.6 Å². The largest absolute Gasteiger partial charge is 0.478 e. The number of nitrogens with zero attached hydrogens (tertiary/aromatic N) is 2. The number of nitrogen functional groups attached to an aromatic ring is 1. The molecule has 2 atom stereocenters. The second kappa shape index (κ2) is 4.81. The summed E-state index contributed by atoms with van der Waals surface area (Å²) in [4.78, 5) is 17.0. The molecule has 2 rings (SSSR count). The SMILES string of the molecule is CC1CN(c2ncc(C(=O)O)cc2N)CC(C)O1. The molecule has 0 radical (unpaired) electrons. The Bertz CT molecular complexity index is 454. The maximum atomic E-state index is 10.8. The molecular formula is C12H17N3O3. The molecule has 98 valence electrons. The maximum absolute atomic E-state index is 10.8. The van der Waals surface area contributed by atoms with E-state index in [1.807, 2.05) is 18.7 Å². The van der Waals surface area contributed by atoms with Crippen molar-refractivity contribution in [2.75, 3.05) is 23.7 Å². The van der Waals surface area contributed by atoms with Crippen LogP contribution in [-0.2, 0) is 4.74 Å². The highest BCUT2D eigenvalue weighted by molar-refractivity contribution is 5.89. The average Bonchev–Trinajstić information content (AvgIpc) is 2.27. The summed E-state index contributed by atoms with van der Waals surface area (Å²) in [5.74, 6) is -0.397. The molecule has 2 unspecified atom stereocenters. The molecule has 1 aromatic heterocycles. The lowest BCUT2D eigenvalue weighted by atomic mass is 10.2. The van der Waals surface area contributed by atoms with Crippen LogP contribution in [0.3, 0.4) is 0 Å². The molecule has 0 saturated carbocycles. The first-order valence-electron chi connectivity index (χ1n) is 5.86. The Morgan fingerprint density at radius 1 is 1.50 bits per heavy atom. The van der Waals surface area contributed by atoms with Crippen molar-refractivity contribution in [1.82, 2.24) is 4.98 Å². The van der Waals surface area contributed by atoms with Crippen molar-refractivity contribution in [1.29, 1.82) is 0 Å². The van der Waals surface area contributed by atoms with Crippen molar-refractivity contribution in [3.63, 3.8) is 0 Å². The van der Waals surface area contributed by atoms with Gasteiger partial charge in [0.25, 0.3) is 0 Å². The number of morpholine rings is 1. The van der Waals surface area contributed by atoms with Gasteiger partial charge in [-0.15, -0.1) is 0 Å². The van der Waals surface area contributed by atoms with E-state index in [1.54, 1.807) is 0 Å².